The number of hydrogen-bond donors (Lipinski definition) is 1. The van der Waals surface area contributed by atoms with Crippen molar-refractivity contribution in [3.63, 3.8) is 0 Å². The molecule has 1 aromatic heterocycles. The van der Waals surface area contributed by atoms with Gasteiger partial charge >= 0.3 is 0 Å². The van der Waals surface area contributed by atoms with E-state index >= 15 is 0 Å². The van der Waals surface area contributed by atoms with Gasteiger partial charge < -0.3 is 5.32 Å². The van der Waals surface area contributed by atoms with Crippen LogP contribution in [0.3, 0.4) is 0 Å². The number of anilines is 1. The van der Waals surface area contributed by atoms with Crippen molar-refractivity contribution in [2.75, 3.05) is 11.9 Å². The zero-order chi connectivity index (χ0) is 11.4. The quantitative estimate of drug-likeness (QED) is 0.859. The van der Waals surface area contributed by atoms with Gasteiger partial charge in [0.15, 0.2) is 0 Å². The second kappa shape index (κ2) is 4.70. The fourth-order valence-corrected chi connectivity index (χ4v) is 1.37. The Morgan fingerprint density at radius 1 is 1.06 bits per heavy atom. The molecule has 0 unspecified atom stereocenters. The Balaban J connectivity index is 2.24. The summed E-state index contributed by atoms with van der Waals surface area (Å²) in [5.74, 6) is 0.363. The molecule has 0 spiro atoms. The molecule has 1 N–H and O–H groups in total. The minimum Gasteiger partial charge on any atom is -0.355 e. The van der Waals surface area contributed by atoms with Crippen LogP contribution in [0.15, 0.2) is 36.7 Å². The minimum atomic E-state index is -0.242. The summed E-state index contributed by atoms with van der Waals surface area (Å²) in [6, 6.07) is 6.27. The van der Waals surface area contributed by atoms with Gasteiger partial charge in [-0.3, -0.25) is 0 Å². The molecule has 3 nitrogen and oxygen atoms in total. The van der Waals surface area contributed by atoms with Crippen molar-refractivity contribution in [1.82, 2.24) is 9.97 Å². The van der Waals surface area contributed by atoms with Gasteiger partial charge in [-0.05, 0) is 24.6 Å². The average Bonchev–Trinajstić information content (AvgIpc) is 2.32. The highest BCUT2D eigenvalue weighted by Crippen LogP contribution is 2.18. The largest absolute Gasteiger partial charge is 0.355 e. The molecule has 0 fully saturated rings. The third kappa shape index (κ3) is 2.34. The number of nitrogens with one attached hydrogen (secondary N) is 1. The molecule has 0 saturated heterocycles. The molecule has 16 heavy (non-hydrogen) atoms. The van der Waals surface area contributed by atoms with Gasteiger partial charge in [-0.25, -0.2) is 14.4 Å². The Hall–Kier alpha value is -1.97. The smallest absolute Gasteiger partial charge is 0.222 e. The maximum atomic E-state index is 12.7. The summed E-state index contributed by atoms with van der Waals surface area (Å²) in [5.41, 5.74) is 1.78. The average molecular weight is 217 g/mol. The number of hydrogen-bond acceptors (Lipinski definition) is 3. The number of nitrogens with zero attached hydrogens (tertiary/aromatic N) is 2. The molecule has 0 amide bonds. The summed E-state index contributed by atoms with van der Waals surface area (Å²) in [6.07, 6.45) is 3.44. The number of rotatable bonds is 3. The molecular weight excluding hydrogens is 205 g/mol. The molecule has 0 radical (unpaired) electrons. The fraction of sp³-hybridized carbons (Fsp3) is 0.167. The van der Waals surface area contributed by atoms with Gasteiger partial charge in [0.05, 0.1) is 0 Å². The van der Waals surface area contributed by atoms with E-state index in [4.69, 9.17) is 0 Å². The van der Waals surface area contributed by atoms with Gasteiger partial charge in [0.25, 0.3) is 0 Å². The van der Waals surface area contributed by atoms with E-state index < -0.39 is 0 Å². The lowest BCUT2D eigenvalue weighted by molar-refractivity contribution is 0.628. The highest BCUT2D eigenvalue weighted by Gasteiger charge is 1.99. The van der Waals surface area contributed by atoms with E-state index in [-0.39, 0.29) is 5.82 Å². The van der Waals surface area contributed by atoms with Gasteiger partial charge in [-0.15, -0.1) is 0 Å². The van der Waals surface area contributed by atoms with Crippen LogP contribution in [0.1, 0.15) is 6.92 Å². The summed E-state index contributed by atoms with van der Waals surface area (Å²) >= 11 is 0. The van der Waals surface area contributed by atoms with Crippen molar-refractivity contribution in [1.29, 1.82) is 0 Å². The topological polar surface area (TPSA) is 37.8 Å². The summed E-state index contributed by atoms with van der Waals surface area (Å²) in [5, 5.41) is 3.01. The maximum Gasteiger partial charge on any atom is 0.222 e. The van der Waals surface area contributed by atoms with Crippen LogP contribution in [0, 0.1) is 5.82 Å². The lowest BCUT2D eigenvalue weighted by Crippen LogP contribution is -2.01. The fourth-order valence-electron chi connectivity index (χ4n) is 1.37. The van der Waals surface area contributed by atoms with Crippen LogP contribution in [0.2, 0.25) is 0 Å². The SMILES string of the molecule is CCNc1ncc(-c2ccc(F)cc2)cn1. The van der Waals surface area contributed by atoms with E-state index in [2.05, 4.69) is 15.3 Å². The summed E-state index contributed by atoms with van der Waals surface area (Å²) in [7, 11) is 0. The van der Waals surface area contributed by atoms with Crippen LogP contribution in [-0.4, -0.2) is 16.5 Å². The Labute approximate surface area is 93.4 Å². The van der Waals surface area contributed by atoms with Crippen LogP contribution in [0.5, 0.6) is 0 Å². The van der Waals surface area contributed by atoms with Crippen LogP contribution in [0.25, 0.3) is 11.1 Å². The lowest BCUT2D eigenvalue weighted by atomic mass is 10.1. The molecule has 82 valence electrons. The Morgan fingerprint density at radius 2 is 1.69 bits per heavy atom. The normalized spacial score (nSPS) is 10.1. The van der Waals surface area contributed by atoms with Crippen molar-refractivity contribution >= 4 is 5.95 Å². The third-order valence-electron chi connectivity index (χ3n) is 2.16. The van der Waals surface area contributed by atoms with Crippen LogP contribution >= 0.6 is 0 Å². The van der Waals surface area contributed by atoms with Crippen molar-refractivity contribution in [2.45, 2.75) is 6.92 Å². The lowest BCUT2D eigenvalue weighted by Gasteiger charge is -2.03. The number of benzene rings is 1. The van der Waals surface area contributed by atoms with Crippen molar-refractivity contribution in [2.24, 2.45) is 0 Å². The first-order chi connectivity index (χ1) is 7.79. The van der Waals surface area contributed by atoms with Gasteiger partial charge in [0.1, 0.15) is 5.82 Å². The van der Waals surface area contributed by atoms with E-state index in [1.165, 1.54) is 12.1 Å². The molecular formula is C12H12FN3. The van der Waals surface area contributed by atoms with Crippen LogP contribution in [0.4, 0.5) is 10.3 Å². The Bertz CT molecular complexity index is 451. The van der Waals surface area contributed by atoms with E-state index in [1.807, 2.05) is 6.92 Å². The van der Waals surface area contributed by atoms with Gasteiger partial charge in [0, 0.05) is 24.5 Å². The Morgan fingerprint density at radius 3 is 2.25 bits per heavy atom. The van der Waals surface area contributed by atoms with Crippen LogP contribution < -0.4 is 5.32 Å². The standard InChI is InChI=1S/C12H12FN3/c1-2-14-12-15-7-10(8-16-12)9-3-5-11(13)6-4-9/h3-8H,2H2,1H3,(H,14,15,16). The first kappa shape index (κ1) is 10.5. The second-order valence-electron chi connectivity index (χ2n) is 3.33. The molecule has 1 aromatic carbocycles. The number of halogens is 1. The van der Waals surface area contributed by atoms with E-state index in [0.717, 1.165) is 17.7 Å². The van der Waals surface area contributed by atoms with Gasteiger partial charge in [0.2, 0.25) is 5.95 Å². The first-order valence-electron chi connectivity index (χ1n) is 5.11. The Kier molecular flexibility index (Phi) is 3.10. The first-order valence-corrected chi connectivity index (χ1v) is 5.11. The molecule has 0 aliphatic heterocycles. The molecule has 0 aliphatic rings. The monoisotopic (exact) mass is 217 g/mol. The molecule has 4 heteroatoms. The van der Waals surface area contributed by atoms with Gasteiger partial charge in [-0.2, -0.15) is 0 Å². The van der Waals surface area contributed by atoms with Crippen molar-refractivity contribution in [3.05, 3.63) is 42.5 Å². The molecule has 0 aliphatic carbocycles. The number of aromatic nitrogens is 2. The highest BCUT2D eigenvalue weighted by molar-refractivity contribution is 5.61. The third-order valence-corrected chi connectivity index (χ3v) is 2.16. The second-order valence-corrected chi connectivity index (χ2v) is 3.33. The van der Waals surface area contributed by atoms with Gasteiger partial charge in [-0.1, -0.05) is 12.1 Å². The van der Waals surface area contributed by atoms with E-state index in [1.54, 1.807) is 24.5 Å². The predicted molar refractivity (Wildman–Crippen MR) is 61.6 cm³/mol. The molecule has 2 aromatic rings. The maximum absolute atomic E-state index is 12.7. The molecule has 0 atom stereocenters. The zero-order valence-electron chi connectivity index (χ0n) is 8.94. The molecule has 0 saturated carbocycles. The van der Waals surface area contributed by atoms with Crippen molar-refractivity contribution < 1.29 is 4.39 Å². The van der Waals surface area contributed by atoms with E-state index in [9.17, 15) is 4.39 Å². The van der Waals surface area contributed by atoms with Crippen molar-refractivity contribution in [3.8, 4) is 11.1 Å². The summed E-state index contributed by atoms with van der Waals surface area (Å²) < 4.78 is 12.7. The molecule has 1 heterocycles. The zero-order valence-corrected chi connectivity index (χ0v) is 8.94. The summed E-state index contributed by atoms with van der Waals surface area (Å²) in [4.78, 5) is 8.30. The molecule has 0 bridgehead atoms. The summed E-state index contributed by atoms with van der Waals surface area (Å²) in [6.45, 7) is 2.77. The predicted octanol–water partition coefficient (Wildman–Crippen LogP) is 2.71. The molecule has 2 rings (SSSR count). The van der Waals surface area contributed by atoms with E-state index in [0.29, 0.717) is 5.95 Å². The minimum absolute atomic E-state index is 0.242. The highest BCUT2D eigenvalue weighted by atomic mass is 19.1. The van der Waals surface area contributed by atoms with Crippen LogP contribution in [-0.2, 0) is 0 Å².